The Balaban J connectivity index is 1.73. The Kier molecular flexibility index (Phi) is 5.19. The molecule has 0 spiro atoms. The summed E-state index contributed by atoms with van der Waals surface area (Å²) >= 11 is 0. The molecule has 9 heteroatoms. The molecule has 1 aliphatic heterocycles. The van der Waals surface area contributed by atoms with E-state index in [1.54, 1.807) is 26.2 Å². The van der Waals surface area contributed by atoms with E-state index in [0.717, 1.165) is 9.87 Å². The van der Waals surface area contributed by atoms with Crippen molar-refractivity contribution in [3.05, 3.63) is 35.9 Å². The van der Waals surface area contributed by atoms with Crippen LogP contribution in [0.1, 0.15) is 24.8 Å². The molecule has 2 aliphatic rings. The molecule has 1 N–H and O–H groups in total. The van der Waals surface area contributed by atoms with Gasteiger partial charge in [0.05, 0.1) is 6.04 Å². The fraction of sp³-hybridized carbons (Fsp3) is 0.529. The SMILES string of the molecule is CN(C)C(=O)[C@H]1CC[C@@H]2NS(=O)(=O)N(C(=O)OCc3ccccc3)[C@@H]2C1. The minimum atomic E-state index is -3.96. The number of fused-ring (bicyclic) bond motifs is 1. The number of nitrogens with one attached hydrogen (secondary N) is 1. The Morgan fingerprint density at radius 2 is 1.92 bits per heavy atom. The number of amides is 2. The summed E-state index contributed by atoms with van der Waals surface area (Å²) in [6, 6.07) is 8.06. The predicted octanol–water partition coefficient (Wildman–Crippen LogP) is 1.10. The van der Waals surface area contributed by atoms with E-state index >= 15 is 0 Å². The number of hydrogen-bond acceptors (Lipinski definition) is 5. The fourth-order valence-electron chi connectivity index (χ4n) is 3.58. The lowest BCUT2D eigenvalue weighted by molar-refractivity contribution is -0.134. The second-order valence-electron chi connectivity index (χ2n) is 6.88. The van der Waals surface area contributed by atoms with Gasteiger partial charge in [0.1, 0.15) is 6.61 Å². The second-order valence-corrected chi connectivity index (χ2v) is 8.45. The van der Waals surface area contributed by atoms with E-state index in [2.05, 4.69) is 4.72 Å². The molecule has 142 valence electrons. The molecule has 1 aromatic carbocycles. The van der Waals surface area contributed by atoms with Crippen LogP contribution in [0.2, 0.25) is 0 Å². The molecule has 2 amide bonds. The van der Waals surface area contributed by atoms with Gasteiger partial charge in [-0.3, -0.25) is 4.79 Å². The highest BCUT2D eigenvalue weighted by Gasteiger charge is 2.51. The Bertz CT molecular complexity index is 781. The number of ether oxygens (including phenoxy) is 1. The van der Waals surface area contributed by atoms with Crippen molar-refractivity contribution < 1.29 is 22.7 Å². The van der Waals surface area contributed by atoms with Crippen LogP contribution in [0.15, 0.2) is 30.3 Å². The second kappa shape index (κ2) is 7.24. The molecule has 2 fully saturated rings. The molecular formula is C17H23N3O5S. The number of rotatable bonds is 3. The van der Waals surface area contributed by atoms with Crippen molar-refractivity contribution in [3.8, 4) is 0 Å². The summed E-state index contributed by atoms with van der Waals surface area (Å²) in [5, 5.41) is 0. The standard InChI is InChI=1S/C17H23N3O5S/c1-19(2)16(21)13-8-9-14-15(10-13)20(26(23,24)18-14)17(22)25-11-12-6-4-3-5-7-12/h3-7,13-15,18H,8-11H2,1-2H3/t13-,14-,15+/m0/s1. The molecule has 0 unspecified atom stereocenters. The van der Waals surface area contributed by atoms with Gasteiger partial charge in [-0.25, -0.2) is 4.79 Å². The summed E-state index contributed by atoms with van der Waals surface area (Å²) in [5.41, 5.74) is 0.770. The highest BCUT2D eigenvalue weighted by Crippen LogP contribution is 2.35. The van der Waals surface area contributed by atoms with Gasteiger partial charge >= 0.3 is 16.3 Å². The smallest absolute Gasteiger partial charge is 0.425 e. The Labute approximate surface area is 153 Å². The Hall–Kier alpha value is -2.13. The molecule has 1 aliphatic carbocycles. The number of nitrogens with zero attached hydrogens (tertiary/aromatic N) is 2. The van der Waals surface area contributed by atoms with Gasteiger partial charge < -0.3 is 9.64 Å². The zero-order chi connectivity index (χ0) is 18.9. The zero-order valence-electron chi connectivity index (χ0n) is 14.8. The van der Waals surface area contributed by atoms with Gasteiger partial charge in [0.15, 0.2) is 0 Å². The molecule has 1 saturated carbocycles. The minimum absolute atomic E-state index is 0.0108. The van der Waals surface area contributed by atoms with Gasteiger partial charge in [0.2, 0.25) is 5.91 Å². The quantitative estimate of drug-likeness (QED) is 0.846. The summed E-state index contributed by atoms with van der Waals surface area (Å²) in [5.74, 6) is -0.351. The van der Waals surface area contributed by atoms with Gasteiger partial charge in [-0.15, -0.1) is 0 Å². The van der Waals surface area contributed by atoms with Crippen molar-refractivity contribution in [1.82, 2.24) is 13.9 Å². The maximum Gasteiger partial charge on any atom is 0.425 e. The molecule has 3 atom stereocenters. The van der Waals surface area contributed by atoms with Crippen LogP contribution >= 0.6 is 0 Å². The Morgan fingerprint density at radius 3 is 2.58 bits per heavy atom. The van der Waals surface area contributed by atoms with E-state index in [1.165, 1.54) is 4.90 Å². The summed E-state index contributed by atoms with van der Waals surface area (Å²) in [4.78, 5) is 26.2. The van der Waals surface area contributed by atoms with Gasteiger partial charge in [-0.05, 0) is 24.8 Å². The van der Waals surface area contributed by atoms with Gasteiger partial charge in [0.25, 0.3) is 0 Å². The van der Waals surface area contributed by atoms with Crippen molar-refractivity contribution in [3.63, 3.8) is 0 Å². The Morgan fingerprint density at radius 1 is 1.23 bits per heavy atom. The highest BCUT2D eigenvalue weighted by molar-refractivity contribution is 7.88. The van der Waals surface area contributed by atoms with Crippen molar-refractivity contribution in [2.75, 3.05) is 14.1 Å². The molecule has 1 aromatic rings. The first-order valence-corrected chi connectivity index (χ1v) is 9.97. The lowest BCUT2D eigenvalue weighted by Gasteiger charge is -2.33. The first-order chi connectivity index (χ1) is 12.3. The lowest BCUT2D eigenvalue weighted by Crippen LogP contribution is -2.47. The molecule has 0 aromatic heterocycles. The summed E-state index contributed by atoms with van der Waals surface area (Å²) in [7, 11) is -0.618. The van der Waals surface area contributed by atoms with Crippen LogP contribution in [-0.4, -0.2) is 55.8 Å². The number of carbonyl (C=O) groups excluding carboxylic acids is 2. The molecular weight excluding hydrogens is 358 g/mol. The van der Waals surface area contributed by atoms with E-state index < -0.39 is 22.3 Å². The maximum atomic E-state index is 12.5. The number of carbonyl (C=O) groups is 2. The highest BCUT2D eigenvalue weighted by atomic mass is 32.2. The van der Waals surface area contributed by atoms with Crippen LogP contribution in [0.5, 0.6) is 0 Å². The van der Waals surface area contributed by atoms with Crippen molar-refractivity contribution in [2.24, 2.45) is 5.92 Å². The number of benzene rings is 1. The van der Waals surface area contributed by atoms with Crippen molar-refractivity contribution >= 4 is 22.2 Å². The van der Waals surface area contributed by atoms with Crippen molar-refractivity contribution in [2.45, 2.75) is 38.0 Å². The van der Waals surface area contributed by atoms with E-state index in [1.807, 2.05) is 18.2 Å². The van der Waals surface area contributed by atoms with Gasteiger partial charge in [0, 0.05) is 26.1 Å². The van der Waals surface area contributed by atoms with E-state index in [9.17, 15) is 18.0 Å². The molecule has 1 heterocycles. The van der Waals surface area contributed by atoms with Crippen LogP contribution in [0.4, 0.5) is 4.79 Å². The van der Waals surface area contributed by atoms with Crippen molar-refractivity contribution in [1.29, 1.82) is 0 Å². The van der Waals surface area contributed by atoms with E-state index in [-0.39, 0.29) is 24.5 Å². The van der Waals surface area contributed by atoms with Crippen LogP contribution < -0.4 is 4.72 Å². The molecule has 3 rings (SSSR count). The molecule has 1 saturated heterocycles. The van der Waals surface area contributed by atoms with Gasteiger partial charge in [-0.2, -0.15) is 17.4 Å². The third kappa shape index (κ3) is 3.68. The summed E-state index contributed by atoms with van der Waals surface area (Å²) in [6.45, 7) is -0.0108. The molecule has 26 heavy (non-hydrogen) atoms. The monoisotopic (exact) mass is 381 g/mol. The fourth-order valence-corrected chi connectivity index (χ4v) is 5.19. The minimum Gasteiger partial charge on any atom is -0.444 e. The third-order valence-corrected chi connectivity index (χ3v) is 6.39. The first-order valence-electron chi connectivity index (χ1n) is 8.53. The van der Waals surface area contributed by atoms with Crippen LogP contribution in [0, 0.1) is 5.92 Å². The third-order valence-electron chi connectivity index (χ3n) is 4.85. The topological polar surface area (TPSA) is 96.0 Å². The normalized spacial score (nSPS) is 26.8. The van der Waals surface area contributed by atoms with Crippen LogP contribution in [-0.2, 0) is 26.3 Å². The number of hydrogen-bond donors (Lipinski definition) is 1. The largest absolute Gasteiger partial charge is 0.444 e. The summed E-state index contributed by atoms with van der Waals surface area (Å²) < 4.78 is 33.3. The molecule has 8 nitrogen and oxygen atoms in total. The predicted molar refractivity (Wildman–Crippen MR) is 94.1 cm³/mol. The zero-order valence-corrected chi connectivity index (χ0v) is 15.6. The van der Waals surface area contributed by atoms with Crippen LogP contribution in [0.3, 0.4) is 0 Å². The van der Waals surface area contributed by atoms with Gasteiger partial charge in [-0.1, -0.05) is 30.3 Å². The first kappa shape index (κ1) is 18.7. The molecule has 0 bridgehead atoms. The average molecular weight is 381 g/mol. The van der Waals surface area contributed by atoms with Crippen LogP contribution in [0.25, 0.3) is 0 Å². The molecule has 0 radical (unpaired) electrons. The lowest BCUT2D eigenvalue weighted by atomic mass is 9.82. The van der Waals surface area contributed by atoms with E-state index in [4.69, 9.17) is 4.74 Å². The summed E-state index contributed by atoms with van der Waals surface area (Å²) in [6.07, 6.45) is 0.491. The average Bonchev–Trinajstić information content (AvgIpc) is 2.88. The van der Waals surface area contributed by atoms with E-state index in [0.29, 0.717) is 19.3 Å². The maximum absolute atomic E-state index is 12.5.